The second-order valence-corrected chi connectivity index (χ2v) is 8.06. The van der Waals surface area contributed by atoms with Crippen molar-refractivity contribution in [2.24, 2.45) is 11.3 Å². The van der Waals surface area contributed by atoms with E-state index >= 15 is 0 Å². The van der Waals surface area contributed by atoms with Crippen LogP contribution < -0.4 is 0 Å². The van der Waals surface area contributed by atoms with Gasteiger partial charge in [-0.15, -0.1) is 0 Å². The molecule has 0 atom stereocenters. The summed E-state index contributed by atoms with van der Waals surface area (Å²) in [6.45, 7) is 7.34. The van der Waals surface area contributed by atoms with Crippen molar-refractivity contribution in [3.05, 3.63) is 0 Å². The van der Waals surface area contributed by atoms with Gasteiger partial charge in [-0.05, 0) is 25.7 Å². The first-order chi connectivity index (χ1) is 10.3. The number of rotatable bonds is 2. The van der Waals surface area contributed by atoms with Gasteiger partial charge in [0.05, 0.1) is 0 Å². The molecule has 0 aromatic rings. The van der Waals surface area contributed by atoms with E-state index in [4.69, 9.17) is 0 Å². The van der Waals surface area contributed by atoms with E-state index in [9.17, 15) is 9.59 Å². The number of carbonyl (C=O) groups is 2. The van der Waals surface area contributed by atoms with Gasteiger partial charge in [0, 0.05) is 37.5 Å². The molecule has 1 aliphatic heterocycles. The topological polar surface area (TPSA) is 40.6 Å². The van der Waals surface area contributed by atoms with Gasteiger partial charge in [0.25, 0.3) is 0 Å². The van der Waals surface area contributed by atoms with Crippen molar-refractivity contribution in [1.82, 2.24) is 9.80 Å². The molecule has 0 N–H and O–H groups in total. The number of likely N-dealkylation sites (tertiary alicyclic amines) is 1. The lowest BCUT2D eigenvalue weighted by Gasteiger charge is -2.38. The maximum Gasteiger partial charge on any atom is 0.227 e. The van der Waals surface area contributed by atoms with Gasteiger partial charge >= 0.3 is 0 Å². The summed E-state index contributed by atoms with van der Waals surface area (Å²) >= 11 is 0. The third-order valence-electron chi connectivity index (χ3n) is 5.24. The molecule has 0 aromatic carbocycles. The molecular formula is C18H32N2O2. The van der Waals surface area contributed by atoms with Crippen LogP contribution in [-0.2, 0) is 9.59 Å². The minimum atomic E-state index is -0.324. The summed E-state index contributed by atoms with van der Waals surface area (Å²) in [6.07, 6.45) is 7.76. The van der Waals surface area contributed by atoms with Crippen molar-refractivity contribution in [3.63, 3.8) is 0 Å². The first-order valence-electron chi connectivity index (χ1n) is 8.86. The molecule has 4 nitrogen and oxygen atoms in total. The Hall–Kier alpha value is -1.06. The van der Waals surface area contributed by atoms with Crippen molar-refractivity contribution in [2.45, 2.75) is 71.8 Å². The van der Waals surface area contributed by atoms with Gasteiger partial charge in [-0.2, -0.15) is 0 Å². The molecule has 4 heteroatoms. The van der Waals surface area contributed by atoms with Crippen molar-refractivity contribution in [3.8, 4) is 0 Å². The number of hydrogen-bond donors (Lipinski definition) is 0. The van der Waals surface area contributed by atoms with Gasteiger partial charge in [0.2, 0.25) is 11.8 Å². The third-order valence-corrected chi connectivity index (χ3v) is 5.24. The number of carbonyl (C=O) groups excluding carboxylic acids is 2. The smallest absolute Gasteiger partial charge is 0.227 e. The molecule has 0 spiro atoms. The van der Waals surface area contributed by atoms with Crippen molar-refractivity contribution < 1.29 is 9.59 Å². The molecule has 0 bridgehead atoms. The Labute approximate surface area is 135 Å². The number of amides is 2. The molecule has 0 aromatic heterocycles. The number of hydrogen-bond acceptors (Lipinski definition) is 2. The Morgan fingerprint density at radius 3 is 2.00 bits per heavy atom. The number of piperidine rings is 1. The van der Waals surface area contributed by atoms with E-state index in [0.717, 1.165) is 38.8 Å². The lowest BCUT2D eigenvalue weighted by Crippen LogP contribution is -2.48. The molecule has 126 valence electrons. The molecule has 2 rings (SSSR count). The normalized spacial score (nSPS) is 21.7. The van der Waals surface area contributed by atoms with Crippen LogP contribution in [0.5, 0.6) is 0 Å². The van der Waals surface area contributed by atoms with Gasteiger partial charge < -0.3 is 9.80 Å². The molecule has 2 amide bonds. The summed E-state index contributed by atoms with van der Waals surface area (Å²) in [5.41, 5.74) is -0.324. The monoisotopic (exact) mass is 308 g/mol. The summed E-state index contributed by atoms with van der Waals surface area (Å²) in [6, 6.07) is 0.440. The zero-order valence-electron chi connectivity index (χ0n) is 14.7. The predicted octanol–water partition coefficient (Wildman–Crippen LogP) is 3.06. The predicted molar refractivity (Wildman–Crippen MR) is 88.4 cm³/mol. The number of nitrogens with zero attached hydrogens (tertiary/aromatic N) is 2. The molecule has 2 aliphatic rings. The molecule has 2 fully saturated rings. The largest absolute Gasteiger partial charge is 0.343 e. The van der Waals surface area contributed by atoms with Crippen LogP contribution in [0.25, 0.3) is 0 Å². The third kappa shape index (κ3) is 4.02. The van der Waals surface area contributed by atoms with E-state index in [1.54, 1.807) is 0 Å². The van der Waals surface area contributed by atoms with Gasteiger partial charge in [0.15, 0.2) is 0 Å². The Morgan fingerprint density at radius 1 is 0.955 bits per heavy atom. The SMILES string of the molecule is CN(C(=O)C1CCN(C(=O)C(C)(C)C)CC1)C1CCCCC1. The zero-order chi connectivity index (χ0) is 16.3. The van der Waals surface area contributed by atoms with Gasteiger partial charge in [-0.3, -0.25) is 9.59 Å². The molecule has 1 saturated carbocycles. The van der Waals surface area contributed by atoms with Crippen LogP contribution in [0.3, 0.4) is 0 Å². The summed E-state index contributed by atoms with van der Waals surface area (Å²) < 4.78 is 0. The first kappa shape index (κ1) is 17.3. The first-order valence-corrected chi connectivity index (χ1v) is 8.86. The molecule has 1 aliphatic carbocycles. The highest BCUT2D eigenvalue weighted by Crippen LogP contribution is 2.27. The quantitative estimate of drug-likeness (QED) is 0.786. The fourth-order valence-corrected chi connectivity index (χ4v) is 3.74. The van der Waals surface area contributed by atoms with Gasteiger partial charge in [0.1, 0.15) is 0 Å². The maximum atomic E-state index is 12.7. The maximum absolute atomic E-state index is 12.7. The lowest BCUT2D eigenvalue weighted by molar-refractivity contribution is -0.145. The van der Waals surface area contributed by atoms with Crippen LogP contribution in [0.2, 0.25) is 0 Å². The average molecular weight is 308 g/mol. The Morgan fingerprint density at radius 2 is 1.50 bits per heavy atom. The Bertz CT molecular complexity index is 400. The van der Waals surface area contributed by atoms with Crippen LogP contribution in [0, 0.1) is 11.3 Å². The second-order valence-electron chi connectivity index (χ2n) is 8.06. The Balaban J connectivity index is 1.85. The fourth-order valence-electron chi connectivity index (χ4n) is 3.74. The van der Waals surface area contributed by atoms with E-state index in [2.05, 4.69) is 0 Å². The summed E-state index contributed by atoms with van der Waals surface area (Å²) in [7, 11) is 1.98. The Kier molecular flexibility index (Phi) is 5.51. The summed E-state index contributed by atoms with van der Waals surface area (Å²) in [5.74, 6) is 0.615. The molecular weight excluding hydrogens is 276 g/mol. The van der Waals surface area contributed by atoms with Crippen LogP contribution in [0.1, 0.15) is 65.7 Å². The molecule has 0 radical (unpaired) electrons. The lowest BCUT2D eigenvalue weighted by atomic mass is 9.89. The van der Waals surface area contributed by atoms with Crippen LogP contribution in [0.4, 0.5) is 0 Å². The second kappa shape index (κ2) is 7.01. The van der Waals surface area contributed by atoms with Crippen molar-refractivity contribution in [1.29, 1.82) is 0 Å². The van der Waals surface area contributed by atoms with Crippen molar-refractivity contribution in [2.75, 3.05) is 20.1 Å². The minimum Gasteiger partial charge on any atom is -0.343 e. The fraction of sp³-hybridized carbons (Fsp3) is 0.889. The van der Waals surface area contributed by atoms with E-state index < -0.39 is 0 Å². The van der Waals surface area contributed by atoms with E-state index in [0.29, 0.717) is 11.9 Å². The minimum absolute atomic E-state index is 0.107. The molecule has 1 heterocycles. The molecule has 22 heavy (non-hydrogen) atoms. The summed E-state index contributed by atoms with van der Waals surface area (Å²) in [4.78, 5) is 28.9. The standard InChI is InChI=1S/C18H32N2O2/c1-18(2,3)17(22)20-12-10-14(11-13-20)16(21)19(4)15-8-6-5-7-9-15/h14-15H,5-13H2,1-4H3. The highest BCUT2D eigenvalue weighted by Gasteiger charge is 2.34. The molecule has 0 unspecified atom stereocenters. The van der Waals surface area contributed by atoms with E-state index in [1.807, 2.05) is 37.6 Å². The van der Waals surface area contributed by atoms with Crippen molar-refractivity contribution >= 4 is 11.8 Å². The van der Waals surface area contributed by atoms with E-state index in [-0.39, 0.29) is 17.2 Å². The van der Waals surface area contributed by atoms with Crippen LogP contribution in [-0.4, -0.2) is 47.8 Å². The summed E-state index contributed by atoms with van der Waals surface area (Å²) in [5, 5.41) is 0. The molecule has 1 saturated heterocycles. The zero-order valence-corrected chi connectivity index (χ0v) is 14.7. The van der Waals surface area contributed by atoms with Gasteiger partial charge in [-0.25, -0.2) is 0 Å². The van der Waals surface area contributed by atoms with Crippen LogP contribution in [0.15, 0.2) is 0 Å². The van der Waals surface area contributed by atoms with E-state index in [1.165, 1.54) is 19.3 Å². The highest BCUT2D eigenvalue weighted by molar-refractivity contribution is 5.82. The highest BCUT2D eigenvalue weighted by atomic mass is 16.2. The van der Waals surface area contributed by atoms with Crippen LogP contribution >= 0.6 is 0 Å². The average Bonchev–Trinajstić information content (AvgIpc) is 2.53. The van der Waals surface area contributed by atoms with Gasteiger partial charge in [-0.1, -0.05) is 40.0 Å².